The second-order valence-corrected chi connectivity index (χ2v) is 3.47. The monoisotopic (exact) mass is 154 g/mol. The van der Waals surface area contributed by atoms with Gasteiger partial charge in [0.05, 0.1) is 25.4 Å². The molecule has 2 heterocycles. The third kappa shape index (κ3) is 1.01. The Hall–Kier alpha value is -0.340. The second-order valence-electron chi connectivity index (χ2n) is 3.47. The van der Waals surface area contributed by atoms with Crippen LogP contribution in [-0.2, 0) is 9.47 Å². The van der Waals surface area contributed by atoms with E-state index in [1.54, 1.807) is 0 Å². The molecule has 2 saturated heterocycles. The number of fused-ring (bicyclic) bond motifs is 1. The molecule has 0 aromatic heterocycles. The fourth-order valence-electron chi connectivity index (χ4n) is 1.92. The largest absolute Gasteiger partial charge is 0.374 e. The van der Waals surface area contributed by atoms with Crippen LogP contribution in [0.4, 0.5) is 0 Å². The van der Waals surface area contributed by atoms with Crippen molar-refractivity contribution < 1.29 is 9.47 Å². The minimum Gasteiger partial charge on any atom is -0.374 e. The van der Waals surface area contributed by atoms with Crippen molar-refractivity contribution in [2.24, 2.45) is 11.8 Å². The van der Waals surface area contributed by atoms with Crippen LogP contribution >= 0.6 is 0 Å². The van der Waals surface area contributed by atoms with Gasteiger partial charge in [-0.1, -0.05) is 13.0 Å². The Morgan fingerprint density at radius 1 is 1.27 bits per heavy atom. The molecule has 0 aliphatic carbocycles. The van der Waals surface area contributed by atoms with Gasteiger partial charge < -0.3 is 9.47 Å². The predicted octanol–water partition coefficient (Wildman–Crippen LogP) is 1.22. The maximum Gasteiger partial charge on any atom is 0.0924 e. The van der Waals surface area contributed by atoms with Crippen molar-refractivity contribution in [2.75, 3.05) is 13.2 Å². The van der Waals surface area contributed by atoms with E-state index in [1.807, 2.05) is 6.08 Å². The van der Waals surface area contributed by atoms with E-state index in [1.165, 1.54) is 0 Å². The maximum atomic E-state index is 5.60. The lowest BCUT2D eigenvalue weighted by Crippen LogP contribution is -2.23. The summed E-state index contributed by atoms with van der Waals surface area (Å²) < 4.78 is 11.2. The summed E-state index contributed by atoms with van der Waals surface area (Å²) in [6, 6.07) is 0. The van der Waals surface area contributed by atoms with Crippen LogP contribution in [0.15, 0.2) is 12.7 Å². The van der Waals surface area contributed by atoms with Crippen LogP contribution in [0.1, 0.15) is 6.92 Å². The fourth-order valence-corrected chi connectivity index (χ4v) is 1.92. The van der Waals surface area contributed by atoms with E-state index in [9.17, 15) is 0 Å². The van der Waals surface area contributed by atoms with Crippen molar-refractivity contribution in [1.29, 1.82) is 0 Å². The lowest BCUT2D eigenvalue weighted by molar-refractivity contribution is 0.0639. The van der Waals surface area contributed by atoms with E-state index < -0.39 is 0 Å². The van der Waals surface area contributed by atoms with Gasteiger partial charge >= 0.3 is 0 Å². The summed E-state index contributed by atoms with van der Waals surface area (Å²) in [7, 11) is 0. The quantitative estimate of drug-likeness (QED) is 0.529. The highest BCUT2D eigenvalue weighted by atomic mass is 16.6. The van der Waals surface area contributed by atoms with Gasteiger partial charge in [0.1, 0.15) is 0 Å². The van der Waals surface area contributed by atoms with Gasteiger partial charge in [0.25, 0.3) is 0 Å². The van der Waals surface area contributed by atoms with Crippen LogP contribution in [0.5, 0.6) is 0 Å². The SMILES string of the molecule is C=C[C@H]1CO[C@H]2[C@@H]1OC[C@@H]2C. The third-order valence-corrected chi connectivity index (χ3v) is 2.64. The van der Waals surface area contributed by atoms with E-state index >= 15 is 0 Å². The summed E-state index contributed by atoms with van der Waals surface area (Å²) in [6.45, 7) is 7.59. The molecule has 2 nitrogen and oxygen atoms in total. The van der Waals surface area contributed by atoms with Gasteiger partial charge in [-0.15, -0.1) is 6.58 Å². The zero-order chi connectivity index (χ0) is 7.84. The van der Waals surface area contributed by atoms with Crippen LogP contribution in [0.3, 0.4) is 0 Å². The summed E-state index contributed by atoms with van der Waals surface area (Å²) in [4.78, 5) is 0. The molecule has 0 radical (unpaired) electrons. The van der Waals surface area contributed by atoms with Crippen LogP contribution in [-0.4, -0.2) is 25.4 Å². The average Bonchev–Trinajstić information content (AvgIpc) is 2.53. The first kappa shape index (κ1) is 7.32. The summed E-state index contributed by atoms with van der Waals surface area (Å²) >= 11 is 0. The Bertz CT molecular complexity index is 167. The maximum absolute atomic E-state index is 5.60. The third-order valence-electron chi connectivity index (χ3n) is 2.64. The molecule has 0 amide bonds. The van der Waals surface area contributed by atoms with Crippen molar-refractivity contribution in [2.45, 2.75) is 19.1 Å². The van der Waals surface area contributed by atoms with Gasteiger partial charge in [-0.2, -0.15) is 0 Å². The van der Waals surface area contributed by atoms with Gasteiger partial charge in [0.15, 0.2) is 0 Å². The highest BCUT2D eigenvalue weighted by molar-refractivity contribution is 4.98. The van der Waals surface area contributed by atoms with Crippen LogP contribution in [0.25, 0.3) is 0 Å². The summed E-state index contributed by atoms with van der Waals surface area (Å²) in [6.07, 6.45) is 2.57. The number of ether oxygens (including phenoxy) is 2. The van der Waals surface area contributed by atoms with Gasteiger partial charge in [0, 0.05) is 11.8 Å². The molecule has 0 unspecified atom stereocenters. The van der Waals surface area contributed by atoms with E-state index in [0.29, 0.717) is 24.0 Å². The molecule has 0 spiro atoms. The van der Waals surface area contributed by atoms with Crippen molar-refractivity contribution in [1.82, 2.24) is 0 Å². The predicted molar refractivity (Wildman–Crippen MR) is 42.3 cm³/mol. The van der Waals surface area contributed by atoms with E-state index in [0.717, 1.165) is 13.2 Å². The topological polar surface area (TPSA) is 18.5 Å². The Balaban J connectivity index is 2.10. The normalized spacial score (nSPS) is 49.2. The minimum atomic E-state index is 0.294. The van der Waals surface area contributed by atoms with E-state index in [2.05, 4.69) is 13.5 Å². The molecule has 11 heavy (non-hydrogen) atoms. The summed E-state index contributed by atoms with van der Waals surface area (Å²) in [5.74, 6) is 0.981. The number of rotatable bonds is 1. The van der Waals surface area contributed by atoms with Crippen molar-refractivity contribution in [3.8, 4) is 0 Å². The first-order valence-corrected chi connectivity index (χ1v) is 4.18. The zero-order valence-electron chi connectivity index (χ0n) is 6.82. The van der Waals surface area contributed by atoms with Crippen molar-refractivity contribution >= 4 is 0 Å². The molecule has 0 aromatic carbocycles. The Morgan fingerprint density at radius 2 is 2.00 bits per heavy atom. The molecule has 2 fully saturated rings. The summed E-state index contributed by atoms with van der Waals surface area (Å²) in [5.41, 5.74) is 0. The Morgan fingerprint density at radius 3 is 2.73 bits per heavy atom. The zero-order valence-corrected chi connectivity index (χ0v) is 6.82. The molecule has 0 aromatic rings. The van der Waals surface area contributed by atoms with Crippen LogP contribution in [0, 0.1) is 11.8 Å². The van der Waals surface area contributed by atoms with Gasteiger partial charge in [-0.3, -0.25) is 0 Å². The average molecular weight is 154 g/mol. The number of hydrogen-bond donors (Lipinski definition) is 0. The Labute approximate surface area is 67.2 Å². The minimum absolute atomic E-state index is 0.294. The first-order chi connectivity index (χ1) is 5.33. The van der Waals surface area contributed by atoms with Gasteiger partial charge in [-0.05, 0) is 0 Å². The summed E-state index contributed by atoms with van der Waals surface area (Å²) in [5, 5.41) is 0. The molecule has 0 N–H and O–H groups in total. The first-order valence-electron chi connectivity index (χ1n) is 4.18. The van der Waals surface area contributed by atoms with Gasteiger partial charge in [0.2, 0.25) is 0 Å². The molecule has 4 atom stereocenters. The highest BCUT2D eigenvalue weighted by Crippen LogP contribution is 2.34. The molecular formula is C9H14O2. The lowest BCUT2D eigenvalue weighted by Gasteiger charge is -2.11. The molecular weight excluding hydrogens is 140 g/mol. The van der Waals surface area contributed by atoms with Gasteiger partial charge in [-0.25, -0.2) is 0 Å². The number of hydrogen-bond acceptors (Lipinski definition) is 2. The van der Waals surface area contributed by atoms with Crippen LogP contribution < -0.4 is 0 Å². The lowest BCUT2D eigenvalue weighted by atomic mass is 9.98. The second kappa shape index (κ2) is 2.61. The standard InChI is InChI=1S/C9H14O2/c1-3-7-5-11-8-6(2)4-10-9(7)8/h3,6-9H,1,4-5H2,2H3/t6-,7-,8+,9+/m0/s1. The molecule has 0 bridgehead atoms. The Kier molecular flexibility index (Phi) is 1.74. The van der Waals surface area contributed by atoms with Crippen molar-refractivity contribution in [3.05, 3.63) is 12.7 Å². The van der Waals surface area contributed by atoms with E-state index in [-0.39, 0.29) is 0 Å². The molecule has 62 valence electrons. The van der Waals surface area contributed by atoms with Crippen molar-refractivity contribution in [3.63, 3.8) is 0 Å². The highest BCUT2D eigenvalue weighted by Gasteiger charge is 2.44. The molecule has 0 saturated carbocycles. The molecule has 2 aliphatic rings. The van der Waals surface area contributed by atoms with Crippen LogP contribution in [0.2, 0.25) is 0 Å². The molecule has 2 rings (SSSR count). The smallest absolute Gasteiger partial charge is 0.0924 e. The van der Waals surface area contributed by atoms with E-state index in [4.69, 9.17) is 9.47 Å². The molecule has 2 heteroatoms. The molecule has 2 aliphatic heterocycles. The fraction of sp³-hybridized carbons (Fsp3) is 0.778.